The summed E-state index contributed by atoms with van der Waals surface area (Å²) in [5.74, 6) is 1.74. The number of likely N-dealkylation sites (tertiary alicyclic amines) is 1. The van der Waals surface area contributed by atoms with Gasteiger partial charge in [-0.25, -0.2) is 0 Å². The zero-order valence-electron chi connectivity index (χ0n) is 22.0. The van der Waals surface area contributed by atoms with Crippen LogP contribution >= 0.6 is 0 Å². The van der Waals surface area contributed by atoms with Gasteiger partial charge in [0.2, 0.25) is 5.91 Å². The lowest BCUT2D eigenvalue weighted by molar-refractivity contribution is -0.123. The molecule has 1 saturated heterocycles. The molecule has 0 radical (unpaired) electrons. The summed E-state index contributed by atoms with van der Waals surface area (Å²) in [5, 5.41) is 14.3. The van der Waals surface area contributed by atoms with Gasteiger partial charge in [-0.05, 0) is 74.3 Å². The number of aliphatic hydroxyl groups is 1. The Kier molecular flexibility index (Phi) is 10.4. The second kappa shape index (κ2) is 14.1. The normalized spacial score (nSPS) is 16.6. The number of amides is 1. The van der Waals surface area contributed by atoms with Crippen LogP contribution in [-0.2, 0) is 9.53 Å². The van der Waals surface area contributed by atoms with Crippen molar-refractivity contribution in [1.82, 2.24) is 10.2 Å². The summed E-state index contributed by atoms with van der Waals surface area (Å²) in [4.78, 5) is 27.7. The highest BCUT2D eigenvalue weighted by atomic mass is 16.6. The standard InChI is InChI=1S/C29H38N2O7/c1-35-15-16-36-23-10-7-21(8-11-23)25(32)5-4-6-28(33)30-24(20-31-13-2-3-14-31)29(34)22-9-12-26-27(19-22)38-18-17-37-26/h7-12,19,24,29,34H,2-6,13-18,20H2,1H3,(H,30,33)/t24-,29+/m1/s1. The average molecular weight is 527 g/mol. The van der Waals surface area contributed by atoms with Gasteiger partial charge in [0.1, 0.15) is 31.7 Å². The summed E-state index contributed by atoms with van der Waals surface area (Å²) in [6.45, 7) is 4.36. The molecule has 0 saturated carbocycles. The van der Waals surface area contributed by atoms with E-state index in [0.29, 0.717) is 67.8 Å². The number of Topliss-reactive ketones (excluding diaryl/α,β-unsaturated/α-hetero) is 1. The molecule has 2 aliphatic heterocycles. The van der Waals surface area contributed by atoms with Gasteiger partial charge in [0.25, 0.3) is 0 Å². The smallest absolute Gasteiger partial charge is 0.220 e. The molecule has 2 aromatic rings. The molecule has 206 valence electrons. The number of aliphatic hydroxyl groups excluding tert-OH is 1. The van der Waals surface area contributed by atoms with Crippen molar-refractivity contribution in [3.8, 4) is 17.2 Å². The maximum Gasteiger partial charge on any atom is 0.220 e. The molecule has 2 atom stereocenters. The van der Waals surface area contributed by atoms with E-state index in [-0.39, 0.29) is 24.5 Å². The number of fused-ring (bicyclic) bond motifs is 1. The maximum atomic E-state index is 12.9. The molecule has 9 heteroatoms. The number of hydrogen-bond acceptors (Lipinski definition) is 8. The van der Waals surface area contributed by atoms with E-state index in [1.807, 2.05) is 6.07 Å². The Morgan fingerprint density at radius 1 is 1.00 bits per heavy atom. The van der Waals surface area contributed by atoms with Crippen LogP contribution in [0.3, 0.4) is 0 Å². The van der Waals surface area contributed by atoms with E-state index in [2.05, 4.69) is 10.2 Å². The lowest BCUT2D eigenvalue weighted by atomic mass is 10.00. The largest absolute Gasteiger partial charge is 0.491 e. The molecule has 9 nitrogen and oxygen atoms in total. The molecule has 0 spiro atoms. The summed E-state index contributed by atoms with van der Waals surface area (Å²) in [6.07, 6.45) is 2.22. The SMILES string of the molecule is COCCOc1ccc(C(=O)CCCC(=O)N[C@H](CN2CCCC2)[C@@H](O)c2ccc3c(c2)OCCO3)cc1. The van der Waals surface area contributed by atoms with Crippen molar-refractivity contribution in [3.05, 3.63) is 53.6 Å². The van der Waals surface area contributed by atoms with E-state index in [1.54, 1.807) is 43.5 Å². The third-order valence-corrected chi connectivity index (χ3v) is 6.83. The van der Waals surface area contributed by atoms with Gasteiger partial charge in [-0.15, -0.1) is 0 Å². The minimum Gasteiger partial charge on any atom is -0.491 e. The predicted octanol–water partition coefficient (Wildman–Crippen LogP) is 3.15. The molecule has 2 heterocycles. The van der Waals surface area contributed by atoms with Crippen molar-refractivity contribution in [2.75, 3.05) is 53.2 Å². The Bertz CT molecular complexity index is 1050. The molecule has 2 N–H and O–H groups in total. The third kappa shape index (κ3) is 7.93. The average Bonchev–Trinajstić information content (AvgIpc) is 3.45. The quantitative estimate of drug-likeness (QED) is 0.286. The van der Waals surface area contributed by atoms with Crippen LogP contribution in [0.25, 0.3) is 0 Å². The van der Waals surface area contributed by atoms with E-state index in [0.717, 1.165) is 25.9 Å². The first-order valence-electron chi connectivity index (χ1n) is 13.4. The zero-order valence-corrected chi connectivity index (χ0v) is 22.0. The minimum atomic E-state index is -0.901. The maximum absolute atomic E-state index is 12.9. The molecular weight excluding hydrogens is 488 g/mol. The van der Waals surface area contributed by atoms with Crippen molar-refractivity contribution < 1.29 is 33.6 Å². The molecule has 2 aliphatic rings. The Morgan fingerprint density at radius 3 is 2.47 bits per heavy atom. The summed E-state index contributed by atoms with van der Waals surface area (Å²) in [7, 11) is 1.61. The van der Waals surface area contributed by atoms with E-state index < -0.39 is 12.1 Å². The summed E-state index contributed by atoms with van der Waals surface area (Å²) in [6, 6.07) is 11.9. The summed E-state index contributed by atoms with van der Waals surface area (Å²) < 4.78 is 21.8. The van der Waals surface area contributed by atoms with Crippen LogP contribution in [0.5, 0.6) is 17.2 Å². The molecule has 0 unspecified atom stereocenters. The number of methoxy groups -OCH3 is 1. The Morgan fingerprint density at radius 2 is 1.74 bits per heavy atom. The van der Waals surface area contributed by atoms with Gasteiger partial charge < -0.3 is 34.3 Å². The van der Waals surface area contributed by atoms with Gasteiger partial charge in [-0.2, -0.15) is 0 Å². The lowest BCUT2D eigenvalue weighted by Crippen LogP contribution is -2.46. The van der Waals surface area contributed by atoms with Crippen LogP contribution in [-0.4, -0.2) is 80.9 Å². The number of nitrogens with zero attached hydrogens (tertiary/aromatic N) is 1. The van der Waals surface area contributed by atoms with Gasteiger partial charge in [-0.1, -0.05) is 6.07 Å². The molecule has 1 amide bonds. The molecule has 0 aliphatic carbocycles. The Hall–Kier alpha value is -3.14. The van der Waals surface area contributed by atoms with Crippen molar-refractivity contribution in [2.24, 2.45) is 0 Å². The monoisotopic (exact) mass is 526 g/mol. The minimum absolute atomic E-state index is 0.0221. The van der Waals surface area contributed by atoms with Crippen molar-refractivity contribution in [3.63, 3.8) is 0 Å². The van der Waals surface area contributed by atoms with Crippen LogP contribution in [0.15, 0.2) is 42.5 Å². The topological polar surface area (TPSA) is 107 Å². The fourth-order valence-corrected chi connectivity index (χ4v) is 4.76. The number of carbonyl (C=O) groups is 2. The lowest BCUT2D eigenvalue weighted by Gasteiger charge is -2.29. The van der Waals surface area contributed by atoms with Gasteiger partial charge in [0.05, 0.1) is 12.6 Å². The second-order valence-electron chi connectivity index (χ2n) is 9.67. The number of nitrogens with one attached hydrogen (secondary N) is 1. The van der Waals surface area contributed by atoms with Crippen molar-refractivity contribution in [2.45, 2.75) is 44.2 Å². The molecule has 0 aromatic heterocycles. The summed E-state index contributed by atoms with van der Waals surface area (Å²) >= 11 is 0. The highest BCUT2D eigenvalue weighted by molar-refractivity contribution is 5.96. The molecule has 4 rings (SSSR count). The zero-order chi connectivity index (χ0) is 26.7. The van der Waals surface area contributed by atoms with Crippen molar-refractivity contribution in [1.29, 1.82) is 0 Å². The van der Waals surface area contributed by atoms with Gasteiger partial charge in [0.15, 0.2) is 17.3 Å². The van der Waals surface area contributed by atoms with Crippen LogP contribution in [0.2, 0.25) is 0 Å². The molecule has 0 bridgehead atoms. The van der Waals surface area contributed by atoms with Gasteiger partial charge in [-0.3, -0.25) is 9.59 Å². The predicted molar refractivity (Wildman–Crippen MR) is 142 cm³/mol. The second-order valence-corrected chi connectivity index (χ2v) is 9.67. The first-order chi connectivity index (χ1) is 18.5. The number of rotatable bonds is 14. The Balaban J connectivity index is 1.29. The number of carbonyl (C=O) groups excluding carboxylic acids is 2. The highest BCUT2D eigenvalue weighted by Crippen LogP contribution is 2.33. The third-order valence-electron chi connectivity index (χ3n) is 6.83. The van der Waals surface area contributed by atoms with Gasteiger partial charge in [0, 0.05) is 32.1 Å². The van der Waals surface area contributed by atoms with E-state index >= 15 is 0 Å². The first kappa shape index (κ1) is 27.9. The molecule has 1 fully saturated rings. The molecule has 38 heavy (non-hydrogen) atoms. The number of ketones is 1. The molecule has 2 aromatic carbocycles. The Labute approximate surface area is 224 Å². The number of benzene rings is 2. The summed E-state index contributed by atoms with van der Waals surface area (Å²) in [5.41, 5.74) is 1.26. The van der Waals surface area contributed by atoms with E-state index in [9.17, 15) is 14.7 Å². The number of hydrogen-bond donors (Lipinski definition) is 2. The van der Waals surface area contributed by atoms with Crippen molar-refractivity contribution >= 4 is 11.7 Å². The van der Waals surface area contributed by atoms with Crippen LogP contribution in [0.1, 0.15) is 54.1 Å². The van der Waals surface area contributed by atoms with E-state index in [4.69, 9.17) is 18.9 Å². The van der Waals surface area contributed by atoms with Crippen LogP contribution in [0, 0.1) is 0 Å². The van der Waals surface area contributed by atoms with Crippen LogP contribution in [0.4, 0.5) is 0 Å². The fraction of sp³-hybridized carbons (Fsp3) is 0.517. The number of ether oxygens (including phenoxy) is 4. The first-order valence-corrected chi connectivity index (χ1v) is 13.4. The fourth-order valence-electron chi connectivity index (χ4n) is 4.76. The highest BCUT2D eigenvalue weighted by Gasteiger charge is 2.28. The van der Waals surface area contributed by atoms with E-state index in [1.165, 1.54) is 0 Å². The van der Waals surface area contributed by atoms with Crippen LogP contribution < -0.4 is 19.5 Å². The van der Waals surface area contributed by atoms with Gasteiger partial charge >= 0.3 is 0 Å². The molecular formula is C29H38N2O7.